The van der Waals surface area contributed by atoms with Crippen LogP contribution in [0.3, 0.4) is 0 Å². The van der Waals surface area contributed by atoms with Crippen LogP contribution in [0.1, 0.15) is 188 Å². The van der Waals surface area contributed by atoms with E-state index in [1.807, 2.05) is 0 Å². The Morgan fingerprint density at radius 2 is 0.953 bits per heavy atom. The topological polar surface area (TPSA) is 501 Å². The number of primary amides is 1. The van der Waals surface area contributed by atoms with E-state index in [4.69, 9.17) is 28.7 Å². The summed E-state index contributed by atoms with van der Waals surface area (Å²) < 4.78 is 0. The van der Waals surface area contributed by atoms with Crippen LogP contribution in [0.25, 0.3) is 0 Å². The largest absolute Gasteiger partial charge is 0.481 e. The van der Waals surface area contributed by atoms with Gasteiger partial charge in [-0.25, -0.2) is 0 Å². The first-order chi connectivity index (χ1) is 40.6. The molecule has 0 rings (SSSR count). The number of nitrogens with one attached hydrogen (secondary N) is 5. The molecular weight excluding hydrogens is 1120 g/mol. The number of aliphatic imine (C=N–C) groups is 2. The Morgan fingerprint density at radius 1 is 0.477 bits per heavy atom. The first kappa shape index (κ1) is 79.1. The van der Waals surface area contributed by atoms with Gasteiger partial charge in [-0.1, -0.05) is 90.9 Å². The summed E-state index contributed by atoms with van der Waals surface area (Å²) in [5.41, 5.74) is 27.0. The fraction of sp³-hybridized carbons (Fsp3) is 0.759. The number of aliphatic hydroxyl groups is 3. The first-order valence-corrected chi connectivity index (χ1v) is 30.2. The van der Waals surface area contributed by atoms with Crippen LogP contribution >= 0.6 is 0 Å². The number of carbonyl (C=O) groups excluding carboxylic acids is 11. The molecular formula is C58H102N12O16. The van der Waals surface area contributed by atoms with Gasteiger partial charge in [0.25, 0.3) is 0 Å². The number of unbranched alkanes of at least 4 members (excludes halogenated alkanes) is 12. The molecule has 0 aliphatic rings. The van der Waals surface area contributed by atoms with Gasteiger partial charge in [-0.3, -0.25) is 67.5 Å². The van der Waals surface area contributed by atoms with Gasteiger partial charge in [-0.15, -0.1) is 0 Å². The van der Waals surface area contributed by atoms with E-state index < -0.39 is 176 Å². The molecule has 19 N–H and O–H groups in total. The van der Waals surface area contributed by atoms with E-state index in [-0.39, 0.29) is 69.3 Å². The van der Waals surface area contributed by atoms with Crippen molar-refractivity contribution in [2.45, 2.75) is 219 Å². The molecule has 0 spiro atoms. The molecule has 0 aromatic carbocycles. The minimum absolute atomic E-state index is 0.00664. The van der Waals surface area contributed by atoms with Crippen molar-refractivity contribution in [3.8, 4) is 0 Å². The van der Waals surface area contributed by atoms with Crippen LogP contribution < -0.4 is 55.3 Å². The Kier molecular flexibility index (Phi) is 41.7. The van der Waals surface area contributed by atoms with Crippen molar-refractivity contribution >= 4 is 82.2 Å². The molecule has 0 aromatic rings. The second-order valence-electron chi connectivity index (χ2n) is 22.4. The lowest BCUT2D eigenvalue weighted by molar-refractivity contribution is -0.143. The van der Waals surface area contributed by atoms with Crippen LogP contribution in [-0.4, -0.2) is 166 Å². The van der Waals surface area contributed by atoms with Gasteiger partial charge in [0.15, 0.2) is 35.1 Å². The van der Waals surface area contributed by atoms with Crippen LogP contribution in [-0.2, 0) is 57.5 Å². The highest BCUT2D eigenvalue weighted by atomic mass is 16.4. The molecule has 0 bridgehead atoms. The molecule has 0 aliphatic heterocycles. The lowest BCUT2D eigenvalue weighted by Crippen LogP contribution is -2.52. The molecule has 490 valence electrons. The van der Waals surface area contributed by atoms with E-state index in [0.717, 1.165) is 25.7 Å². The molecule has 0 aromatic heterocycles. The standard InChI is InChI=1S/C58H102N12O16/c1-6-7-8-9-10-11-12-13-14-15-16-17-18-23-41(74)31-43(36(3)72)56(86)68-44(32-49(59)79)46(76)26-35(2)52(82)67-33-42(75)27-38(21-19-24-65-57(60)61)54(84)69-45(34-71)47(77)29-40(30-50(80)81)55(85)70-51(37(4)73)48(78)28-39(53(83)64-5)22-20-25-66-58(62)63/h35-40,43-45,51,71-73H,6-34H2,1-5H3,(H2,59,79)(H,64,83)(H,67,82)(H,68,86)(H,69,84)(H,70,85)(H,80,81)(H4,60,61,65)(H4,62,63,66)/t35-,36-,37-,38-,39-,40+,43+,44+,45+,51+/m1/s1. The van der Waals surface area contributed by atoms with E-state index in [0.29, 0.717) is 6.42 Å². The molecule has 6 amide bonds. The molecule has 28 nitrogen and oxygen atoms in total. The van der Waals surface area contributed by atoms with E-state index in [9.17, 15) is 78.0 Å². The third-order valence-corrected chi connectivity index (χ3v) is 14.6. The summed E-state index contributed by atoms with van der Waals surface area (Å²) in [6, 6.07) is -4.95. The molecule has 0 unspecified atom stereocenters. The molecule has 28 heteroatoms. The minimum atomic E-state index is -1.76. The van der Waals surface area contributed by atoms with Crippen LogP contribution in [0.5, 0.6) is 0 Å². The zero-order chi connectivity index (χ0) is 65.3. The number of ketones is 5. The number of amides is 6. The molecule has 0 saturated carbocycles. The number of carboxylic acid groups (broad SMARTS) is 1. The van der Waals surface area contributed by atoms with Crippen molar-refractivity contribution in [3.05, 3.63) is 0 Å². The van der Waals surface area contributed by atoms with Gasteiger partial charge in [0, 0.05) is 76.4 Å². The van der Waals surface area contributed by atoms with Crippen LogP contribution in [0.15, 0.2) is 9.98 Å². The maximum atomic E-state index is 13.8. The Balaban J connectivity index is 5.85. The number of nitrogens with two attached hydrogens (primary N) is 5. The normalized spacial score (nSPS) is 14.6. The zero-order valence-corrected chi connectivity index (χ0v) is 51.2. The number of carbonyl (C=O) groups is 12. The van der Waals surface area contributed by atoms with E-state index in [1.54, 1.807) is 0 Å². The lowest BCUT2D eigenvalue weighted by atomic mass is 9.90. The quantitative estimate of drug-likeness (QED) is 0.0215. The summed E-state index contributed by atoms with van der Waals surface area (Å²) >= 11 is 0. The predicted octanol–water partition coefficient (Wildman–Crippen LogP) is -0.108. The highest BCUT2D eigenvalue weighted by Gasteiger charge is 2.36. The van der Waals surface area contributed by atoms with Crippen molar-refractivity contribution in [3.63, 3.8) is 0 Å². The Morgan fingerprint density at radius 3 is 1.42 bits per heavy atom. The fourth-order valence-electron chi connectivity index (χ4n) is 9.57. The number of rotatable bonds is 52. The van der Waals surface area contributed by atoms with Crippen molar-refractivity contribution in [2.24, 2.45) is 68.2 Å². The molecule has 0 saturated heterocycles. The number of nitrogens with zero attached hydrogens (tertiary/aromatic N) is 2. The van der Waals surface area contributed by atoms with Crippen molar-refractivity contribution in [1.29, 1.82) is 0 Å². The average molecular weight is 1220 g/mol. The van der Waals surface area contributed by atoms with Gasteiger partial charge >= 0.3 is 5.97 Å². The maximum absolute atomic E-state index is 13.8. The van der Waals surface area contributed by atoms with E-state index in [1.165, 1.54) is 79.2 Å². The van der Waals surface area contributed by atoms with Gasteiger partial charge in [0.05, 0.1) is 56.1 Å². The Bertz CT molecular complexity index is 2240. The van der Waals surface area contributed by atoms with Crippen molar-refractivity contribution in [1.82, 2.24) is 26.6 Å². The number of Topliss-reactive ketones (excluding diaryl/α,β-unsaturated/α-hetero) is 5. The number of aliphatic carboxylic acids is 1. The summed E-state index contributed by atoms with van der Waals surface area (Å²) in [6.07, 6.45) is 7.98. The minimum Gasteiger partial charge on any atom is -0.481 e. The lowest BCUT2D eigenvalue weighted by Gasteiger charge is -2.26. The number of guanidine groups is 2. The number of aliphatic hydroxyl groups excluding tert-OH is 3. The second-order valence-corrected chi connectivity index (χ2v) is 22.4. The second kappa shape index (κ2) is 45.4. The van der Waals surface area contributed by atoms with Gasteiger partial charge in [0.2, 0.25) is 35.4 Å². The molecule has 0 radical (unpaired) electrons. The molecule has 86 heavy (non-hydrogen) atoms. The Hall–Kier alpha value is -6.94. The third kappa shape index (κ3) is 36.1. The van der Waals surface area contributed by atoms with Crippen LogP contribution in [0.4, 0.5) is 0 Å². The molecule has 0 aliphatic carbocycles. The predicted molar refractivity (Wildman–Crippen MR) is 321 cm³/mol. The fourth-order valence-corrected chi connectivity index (χ4v) is 9.57. The van der Waals surface area contributed by atoms with Gasteiger partial charge in [0.1, 0.15) is 17.9 Å². The average Bonchev–Trinajstić information content (AvgIpc) is 2.61. The van der Waals surface area contributed by atoms with E-state index >= 15 is 0 Å². The highest BCUT2D eigenvalue weighted by Crippen LogP contribution is 2.21. The monoisotopic (exact) mass is 1220 g/mol. The van der Waals surface area contributed by atoms with Crippen molar-refractivity contribution < 1.29 is 78.0 Å². The summed E-state index contributed by atoms with van der Waals surface area (Å²) in [5, 5.41) is 52.8. The number of hydrogen-bond acceptors (Lipinski definition) is 17. The van der Waals surface area contributed by atoms with E-state index in [2.05, 4.69) is 43.5 Å². The van der Waals surface area contributed by atoms with Crippen molar-refractivity contribution in [2.75, 3.05) is 33.3 Å². The zero-order valence-electron chi connectivity index (χ0n) is 51.2. The third-order valence-electron chi connectivity index (χ3n) is 14.6. The first-order valence-electron chi connectivity index (χ1n) is 30.2. The maximum Gasteiger partial charge on any atom is 0.304 e. The molecule has 0 heterocycles. The van der Waals surface area contributed by atoms with Gasteiger partial charge in [-0.05, 0) is 46.0 Å². The van der Waals surface area contributed by atoms with Gasteiger partial charge < -0.3 is 75.7 Å². The van der Waals surface area contributed by atoms with Crippen LogP contribution in [0, 0.1) is 29.6 Å². The smallest absolute Gasteiger partial charge is 0.304 e. The number of hydrogen-bond donors (Lipinski definition) is 14. The van der Waals surface area contributed by atoms with Crippen LogP contribution in [0.2, 0.25) is 0 Å². The summed E-state index contributed by atoms with van der Waals surface area (Å²) in [6.45, 7) is 4.43. The number of carboxylic acids is 1. The summed E-state index contributed by atoms with van der Waals surface area (Å²) in [4.78, 5) is 165. The summed E-state index contributed by atoms with van der Waals surface area (Å²) in [5.74, 6) is -17.2. The molecule has 10 atom stereocenters. The molecule has 0 fully saturated rings. The Labute approximate surface area is 505 Å². The highest BCUT2D eigenvalue weighted by molar-refractivity contribution is 5.99. The summed E-state index contributed by atoms with van der Waals surface area (Å²) in [7, 11) is 1.34. The van der Waals surface area contributed by atoms with Gasteiger partial charge in [-0.2, -0.15) is 0 Å². The SMILES string of the molecule is CCCCCCCCCCCCCCCC(=O)C[C@H](C(=O)N[C@@H](CC(N)=O)C(=O)C[C@@H](C)C(=O)NCC(=O)C[C@@H](CCCN=C(N)N)C(=O)N[C@@H](CO)C(=O)C[C@@H](CC(=O)O)C(=O)N[C@H](C(=O)C[C@@H](CCCN=C(N)N)C(=O)NC)[C@@H](C)O)[C@@H](C)O.